The van der Waals surface area contributed by atoms with E-state index in [1.807, 2.05) is 26.2 Å². The molecular weight excluding hydrogens is 359 g/mol. The Balaban J connectivity index is 1.75. The zero-order valence-corrected chi connectivity index (χ0v) is 17.2. The number of Topliss-reactive ketones (excluding diaryl/α,β-unsaturated/α-hetero) is 1. The number of thiazole rings is 1. The molecule has 0 aliphatic heterocycles. The molecule has 1 fully saturated rings. The summed E-state index contributed by atoms with van der Waals surface area (Å²) in [6.07, 6.45) is 6.84. The van der Waals surface area contributed by atoms with E-state index in [1.54, 1.807) is 23.5 Å². The summed E-state index contributed by atoms with van der Waals surface area (Å²) in [4.78, 5) is 17.8. The summed E-state index contributed by atoms with van der Waals surface area (Å²) in [5, 5.41) is 6.54. The molecule has 0 radical (unpaired) electrons. The SMILES string of the molecule is CC(C)(C)C(=O)C(Cc1csc(NC2CCCCC2)n1)c1ccc(F)cc1. The van der Waals surface area contributed by atoms with E-state index >= 15 is 0 Å². The standard InChI is InChI=1S/C22H29FN2OS/c1-22(2,3)20(26)19(15-9-11-16(23)12-10-15)13-18-14-27-21(25-18)24-17-7-5-4-6-8-17/h9-12,14,17,19H,4-8,13H2,1-3H3,(H,24,25). The van der Waals surface area contributed by atoms with Gasteiger partial charge in [-0.25, -0.2) is 9.37 Å². The van der Waals surface area contributed by atoms with Crippen molar-refractivity contribution < 1.29 is 9.18 Å². The first-order chi connectivity index (χ1) is 12.8. The quantitative estimate of drug-likeness (QED) is 0.663. The second-order valence-corrected chi connectivity index (χ2v) is 9.40. The molecule has 0 spiro atoms. The first-order valence-corrected chi connectivity index (χ1v) is 10.7. The molecule has 1 aromatic heterocycles. The molecule has 27 heavy (non-hydrogen) atoms. The van der Waals surface area contributed by atoms with Gasteiger partial charge in [0.15, 0.2) is 5.13 Å². The number of halogens is 1. The third-order valence-electron chi connectivity index (χ3n) is 5.23. The summed E-state index contributed by atoms with van der Waals surface area (Å²) in [5.41, 5.74) is 1.31. The lowest BCUT2D eigenvalue weighted by Crippen LogP contribution is -2.28. The lowest BCUT2D eigenvalue weighted by molar-refractivity contribution is -0.127. The maximum absolute atomic E-state index is 13.3. The number of nitrogens with zero attached hydrogens (tertiary/aromatic N) is 1. The number of aromatic nitrogens is 1. The summed E-state index contributed by atoms with van der Waals surface area (Å²) < 4.78 is 13.3. The van der Waals surface area contributed by atoms with Crippen LogP contribution in [-0.4, -0.2) is 16.8 Å². The van der Waals surface area contributed by atoms with Gasteiger partial charge in [-0.2, -0.15) is 0 Å². The van der Waals surface area contributed by atoms with Gasteiger partial charge in [-0.05, 0) is 30.5 Å². The molecule has 1 unspecified atom stereocenters. The van der Waals surface area contributed by atoms with Crippen LogP contribution in [0, 0.1) is 11.2 Å². The minimum Gasteiger partial charge on any atom is -0.359 e. The van der Waals surface area contributed by atoms with Crippen LogP contribution in [-0.2, 0) is 11.2 Å². The van der Waals surface area contributed by atoms with E-state index < -0.39 is 5.41 Å². The van der Waals surface area contributed by atoms with Crippen LogP contribution < -0.4 is 5.32 Å². The average Bonchev–Trinajstić information content (AvgIpc) is 3.07. The summed E-state index contributed by atoms with van der Waals surface area (Å²) in [6.45, 7) is 5.80. The van der Waals surface area contributed by atoms with Gasteiger partial charge >= 0.3 is 0 Å². The van der Waals surface area contributed by atoms with Gasteiger partial charge in [0.1, 0.15) is 11.6 Å². The number of rotatable bonds is 6. The van der Waals surface area contributed by atoms with Crippen molar-refractivity contribution in [2.75, 3.05) is 5.32 Å². The van der Waals surface area contributed by atoms with E-state index in [9.17, 15) is 9.18 Å². The highest BCUT2D eigenvalue weighted by atomic mass is 32.1. The van der Waals surface area contributed by atoms with Crippen molar-refractivity contribution in [1.29, 1.82) is 0 Å². The maximum atomic E-state index is 13.3. The molecule has 1 aliphatic carbocycles. The number of anilines is 1. The molecule has 3 nitrogen and oxygen atoms in total. The number of carbonyl (C=O) groups is 1. The molecule has 1 saturated carbocycles. The van der Waals surface area contributed by atoms with Crippen LogP contribution >= 0.6 is 11.3 Å². The van der Waals surface area contributed by atoms with Crippen LogP contribution in [0.25, 0.3) is 0 Å². The van der Waals surface area contributed by atoms with Crippen molar-refractivity contribution in [3.8, 4) is 0 Å². The molecule has 1 aromatic carbocycles. The first-order valence-electron chi connectivity index (χ1n) is 9.83. The Labute approximate surface area is 165 Å². The zero-order chi connectivity index (χ0) is 19.4. The van der Waals surface area contributed by atoms with Gasteiger partial charge in [-0.15, -0.1) is 11.3 Å². The molecule has 3 rings (SSSR count). The molecule has 1 aliphatic rings. The van der Waals surface area contributed by atoms with Crippen LogP contribution in [0.5, 0.6) is 0 Å². The summed E-state index contributed by atoms with van der Waals surface area (Å²) in [7, 11) is 0. The normalized spacial score (nSPS) is 16.9. The van der Waals surface area contributed by atoms with Crippen molar-refractivity contribution in [2.24, 2.45) is 5.41 Å². The van der Waals surface area contributed by atoms with E-state index in [4.69, 9.17) is 4.98 Å². The predicted molar refractivity (Wildman–Crippen MR) is 110 cm³/mol. The number of benzene rings is 1. The number of hydrogen-bond donors (Lipinski definition) is 1. The smallest absolute Gasteiger partial charge is 0.183 e. The Morgan fingerprint density at radius 2 is 1.89 bits per heavy atom. The minimum atomic E-state index is -0.460. The lowest BCUT2D eigenvalue weighted by atomic mass is 9.78. The second-order valence-electron chi connectivity index (χ2n) is 8.55. The van der Waals surface area contributed by atoms with Crippen molar-refractivity contribution in [2.45, 2.75) is 71.3 Å². The van der Waals surface area contributed by atoms with Crippen LogP contribution in [0.1, 0.15) is 70.1 Å². The van der Waals surface area contributed by atoms with Gasteiger partial charge in [0.05, 0.1) is 5.69 Å². The Kier molecular flexibility index (Phi) is 6.30. The van der Waals surface area contributed by atoms with E-state index in [1.165, 1.54) is 44.2 Å². The molecular formula is C22H29FN2OS. The number of hydrogen-bond acceptors (Lipinski definition) is 4. The Bertz CT molecular complexity index is 757. The van der Waals surface area contributed by atoms with Gasteiger partial charge in [0.2, 0.25) is 0 Å². The Morgan fingerprint density at radius 3 is 2.52 bits per heavy atom. The molecule has 0 bridgehead atoms. The fourth-order valence-electron chi connectivity index (χ4n) is 3.68. The van der Waals surface area contributed by atoms with Crippen LogP contribution in [0.4, 0.5) is 9.52 Å². The lowest BCUT2D eigenvalue weighted by Gasteiger charge is -2.24. The number of nitrogens with one attached hydrogen (secondary N) is 1. The number of ketones is 1. The van der Waals surface area contributed by atoms with Crippen molar-refractivity contribution in [3.05, 3.63) is 46.7 Å². The highest BCUT2D eigenvalue weighted by Gasteiger charge is 2.31. The fraction of sp³-hybridized carbons (Fsp3) is 0.545. The molecule has 1 atom stereocenters. The van der Waals surface area contributed by atoms with E-state index in [0.29, 0.717) is 12.5 Å². The third kappa shape index (κ3) is 5.38. The molecule has 1 heterocycles. The summed E-state index contributed by atoms with van der Waals surface area (Å²) in [6, 6.07) is 6.81. The minimum absolute atomic E-state index is 0.156. The van der Waals surface area contributed by atoms with E-state index in [0.717, 1.165) is 16.4 Å². The predicted octanol–water partition coefficient (Wildman–Crippen LogP) is 5.97. The van der Waals surface area contributed by atoms with Gasteiger partial charge in [0, 0.05) is 29.2 Å². The van der Waals surface area contributed by atoms with E-state index in [2.05, 4.69) is 5.32 Å². The van der Waals surface area contributed by atoms with Gasteiger partial charge in [0.25, 0.3) is 0 Å². The second kappa shape index (κ2) is 8.51. The van der Waals surface area contributed by atoms with Crippen molar-refractivity contribution >= 4 is 22.3 Å². The average molecular weight is 389 g/mol. The molecule has 0 saturated heterocycles. The first kappa shape index (κ1) is 20.0. The Hall–Kier alpha value is -1.75. The van der Waals surface area contributed by atoms with Crippen molar-refractivity contribution in [1.82, 2.24) is 4.98 Å². The fourth-order valence-corrected chi connectivity index (χ4v) is 4.48. The summed E-state index contributed by atoms with van der Waals surface area (Å²) >= 11 is 1.61. The van der Waals surface area contributed by atoms with Crippen molar-refractivity contribution in [3.63, 3.8) is 0 Å². The number of carbonyl (C=O) groups excluding carboxylic acids is 1. The van der Waals surface area contributed by atoms with E-state index in [-0.39, 0.29) is 17.5 Å². The molecule has 1 N–H and O–H groups in total. The topological polar surface area (TPSA) is 42.0 Å². The van der Waals surface area contributed by atoms with Gasteiger partial charge < -0.3 is 5.32 Å². The Morgan fingerprint density at radius 1 is 1.22 bits per heavy atom. The van der Waals surface area contributed by atoms with Gasteiger partial charge in [-0.3, -0.25) is 4.79 Å². The highest BCUT2D eigenvalue weighted by molar-refractivity contribution is 7.13. The maximum Gasteiger partial charge on any atom is 0.183 e. The monoisotopic (exact) mass is 388 g/mol. The van der Waals surface area contributed by atoms with Gasteiger partial charge in [-0.1, -0.05) is 52.2 Å². The van der Waals surface area contributed by atoms with Crippen LogP contribution in [0.2, 0.25) is 0 Å². The summed E-state index contributed by atoms with van der Waals surface area (Å²) in [5.74, 6) is -0.438. The molecule has 0 amide bonds. The third-order valence-corrected chi connectivity index (χ3v) is 6.05. The largest absolute Gasteiger partial charge is 0.359 e. The highest BCUT2D eigenvalue weighted by Crippen LogP contribution is 2.32. The molecule has 5 heteroatoms. The van der Waals surface area contributed by atoms with Crippen LogP contribution in [0.3, 0.4) is 0 Å². The van der Waals surface area contributed by atoms with Crippen LogP contribution in [0.15, 0.2) is 29.6 Å². The molecule has 146 valence electrons. The molecule has 2 aromatic rings. The zero-order valence-electron chi connectivity index (χ0n) is 16.4.